The van der Waals surface area contributed by atoms with Crippen molar-refractivity contribution in [2.45, 2.75) is 51.5 Å². The summed E-state index contributed by atoms with van der Waals surface area (Å²) in [7, 11) is 0. The van der Waals surface area contributed by atoms with Gasteiger partial charge in [0.25, 0.3) is 0 Å². The molecule has 1 heterocycles. The second-order valence-corrected chi connectivity index (χ2v) is 9.75. The Labute approximate surface area is 206 Å². The van der Waals surface area contributed by atoms with Crippen LogP contribution in [0.4, 0.5) is 4.79 Å². The zero-order valence-corrected chi connectivity index (χ0v) is 20.4. The van der Waals surface area contributed by atoms with Crippen LogP contribution < -0.4 is 5.32 Å². The highest BCUT2D eigenvalue weighted by atomic mass is 16.5. The molecular formula is C28H34N2O5. The number of fused-ring (bicyclic) bond motifs is 3. The van der Waals surface area contributed by atoms with E-state index in [1.807, 2.05) is 31.2 Å². The Morgan fingerprint density at radius 3 is 2.29 bits per heavy atom. The van der Waals surface area contributed by atoms with Crippen LogP contribution in [-0.4, -0.2) is 53.7 Å². The molecule has 2 N–H and O–H groups in total. The van der Waals surface area contributed by atoms with Crippen molar-refractivity contribution in [1.82, 2.24) is 10.2 Å². The Morgan fingerprint density at radius 2 is 1.69 bits per heavy atom. The first-order chi connectivity index (χ1) is 16.9. The van der Waals surface area contributed by atoms with Crippen molar-refractivity contribution in [2.75, 3.05) is 19.7 Å². The van der Waals surface area contributed by atoms with Gasteiger partial charge in [-0.15, -0.1) is 0 Å². The minimum Gasteiger partial charge on any atom is -0.481 e. The van der Waals surface area contributed by atoms with Crippen LogP contribution in [0.1, 0.15) is 56.6 Å². The van der Waals surface area contributed by atoms with Gasteiger partial charge < -0.3 is 20.1 Å². The van der Waals surface area contributed by atoms with Crippen molar-refractivity contribution in [2.24, 2.45) is 11.8 Å². The predicted octanol–water partition coefficient (Wildman–Crippen LogP) is 4.65. The third kappa shape index (κ3) is 5.50. The SMILES string of the molecule is CC(CCNC(=O)OCC1c2ccccc2-c2ccccc21)CCC(=O)N1CCC(C(=O)O)C1C. The molecule has 35 heavy (non-hydrogen) atoms. The lowest BCUT2D eigenvalue weighted by molar-refractivity contribution is -0.143. The van der Waals surface area contributed by atoms with Gasteiger partial charge >= 0.3 is 12.1 Å². The van der Waals surface area contributed by atoms with Crippen molar-refractivity contribution in [3.63, 3.8) is 0 Å². The van der Waals surface area contributed by atoms with E-state index in [1.165, 1.54) is 22.3 Å². The molecule has 7 nitrogen and oxygen atoms in total. The van der Waals surface area contributed by atoms with Gasteiger partial charge in [0, 0.05) is 31.5 Å². The number of likely N-dealkylation sites (tertiary alicyclic amines) is 1. The second kappa shape index (κ2) is 10.9. The number of amides is 2. The fourth-order valence-corrected chi connectivity index (χ4v) is 5.35. The number of rotatable bonds is 9. The van der Waals surface area contributed by atoms with E-state index in [2.05, 4.69) is 36.5 Å². The van der Waals surface area contributed by atoms with Crippen LogP contribution in [0.2, 0.25) is 0 Å². The molecule has 0 saturated carbocycles. The Balaban J connectivity index is 1.17. The highest BCUT2D eigenvalue weighted by Gasteiger charge is 2.37. The quantitative estimate of drug-likeness (QED) is 0.547. The van der Waals surface area contributed by atoms with Crippen LogP contribution in [-0.2, 0) is 14.3 Å². The second-order valence-electron chi connectivity index (χ2n) is 9.75. The average molecular weight is 479 g/mol. The summed E-state index contributed by atoms with van der Waals surface area (Å²) in [6.45, 7) is 5.14. The minimum absolute atomic E-state index is 0.0117. The number of benzene rings is 2. The van der Waals surface area contributed by atoms with Crippen molar-refractivity contribution in [3.8, 4) is 11.1 Å². The monoisotopic (exact) mass is 478 g/mol. The van der Waals surface area contributed by atoms with Gasteiger partial charge in [0.2, 0.25) is 5.91 Å². The zero-order chi connectivity index (χ0) is 24.9. The molecule has 0 spiro atoms. The summed E-state index contributed by atoms with van der Waals surface area (Å²) >= 11 is 0. The molecule has 0 radical (unpaired) electrons. The molecular weight excluding hydrogens is 444 g/mol. The first-order valence-corrected chi connectivity index (χ1v) is 12.5. The molecule has 0 bridgehead atoms. The first kappa shape index (κ1) is 24.8. The highest BCUT2D eigenvalue weighted by molar-refractivity contribution is 5.80. The lowest BCUT2D eigenvalue weighted by Crippen LogP contribution is -2.37. The number of nitrogens with zero attached hydrogens (tertiary/aromatic N) is 1. The number of alkyl carbamates (subject to hydrolysis) is 1. The van der Waals surface area contributed by atoms with Crippen LogP contribution in [0.5, 0.6) is 0 Å². The number of carboxylic acid groups (broad SMARTS) is 1. The van der Waals surface area contributed by atoms with E-state index in [4.69, 9.17) is 4.74 Å². The summed E-state index contributed by atoms with van der Waals surface area (Å²) in [6, 6.07) is 16.2. The number of hydrogen-bond donors (Lipinski definition) is 2. The van der Waals surface area contributed by atoms with Crippen LogP contribution in [0.25, 0.3) is 11.1 Å². The molecule has 3 atom stereocenters. The van der Waals surface area contributed by atoms with Gasteiger partial charge in [-0.3, -0.25) is 9.59 Å². The lowest BCUT2D eigenvalue weighted by Gasteiger charge is -2.24. The fraction of sp³-hybridized carbons (Fsp3) is 0.464. The van der Waals surface area contributed by atoms with E-state index >= 15 is 0 Å². The van der Waals surface area contributed by atoms with Crippen molar-refractivity contribution < 1.29 is 24.2 Å². The van der Waals surface area contributed by atoms with Crippen molar-refractivity contribution in [1.29, 1.82) is 0 Å². The van der Waals surface area contributed by atoms with Crippen molar-refractivity contribution in [3.05, 3.63) is 59.7 Å². The Kier molecular flexibility index (Phi) is 7.73. The average Bonchev–Trinajstić information content (AvgIpc) is 3.39. The molecule has 3 unspecified atom stereocenters. The number of hydrogen-bond acceptors (Lipinski definition) is 4. The van der Waals surface area contributed by atoms with Crippen LogP contribution in [0.15, 0.2) is 48.5 Å². The van der Waals surface area contributed by atoms with Gasteiger partial charge in [-0.1, -0.05) is 55.5 Å². The number of aliphatic carboxylic acids is 1. The maximum Gasteiger partial charge on any atom is 0.407 e. The standard InChI is InChI=1S/C28H34N2O5/c1-18(11-12-26(31)30-16-14-20(19(30)2)27(32)33)13-15-29-28(34)35-17-25-23-9-5-3-7-21(23)22-8-4-6-10-24(22)25/h3-10,18-20,25H,11-17H2,1-2H3,(H,29,34)(H,32,33). The van der Waals surface area contributed by atoms with E-state index in [-0.39, 0.29) is 30.4 Å². The molecule has 2 aromatic carbocycles. The number of carbonyl (C=O) groups is 3. The molecule has 0 aromatic heterocycles. The largest absolute Gasteiger partial charge is 0.481 e. The highest BCUT2D eigenvalue weighted by Crippen LogP contribution is 2.44. The summed E-state index contributed by atoms with van der Waals surface area (Å²) < 4.78 is 5.57. The third-order valence-corrected chi connectivity index (χ3v) is 7.49. The van der Waals surface area contributed by atoms with E-state index in [0.717, 1.165) is 6.42 Å². The molecule has 2 amide bonds. The molecule has 2 aromatic rings. The maximum atomic E-state index is 12.5. The topological polar surface area (TPSA) is 95.9 Å². The van der Waals surface area contributed by atoms with E-state index < -0.39 is 18.0 Å². The summed E-state index contributed by atoms with van der Waals surface area (Å²) in [6.07, 6.45) is 1.92. The Morgan fingerprint density at radius 1 is 1.06 bits per heavy atom. The number of ether oxygens (including phenoxy) is 1. The zero-order valence-electron chi connectivity index (χ0n) is 20.4. The van der Waals surface area contributed by atoms with Crippen LogP contribution >= 0.6 is 0 Å². The summed E-state index contributed by atoms with van der Waals surface area (Å²) in [5.41, 5.74) is 4.76. The van der Waals surface area contributed by atoms with Gasteiger partial charge in [-0.2, -0.15) is 0 Å². The van der Waals surface area contributed by atoms with Gasteiger partial charge in [0.1, 0.15) is 6.61 Å². The number of carboxylic acids is 1. The molecule has 1 fully saturated rings. The summed E-state index contributed by atoms with van der Waals surface area (Å²) in [4.78, 5) is 37.8. The molecule has 186 valence electrons. The Bertz CT molecular complexity index is 1040. The van der Waals surface area contributed by atoms with Gasteiger partial charge in [-0.05, 0) is 54.4 Å². The van der Waals surface area contributed by atoms with Crippen molar-refractivity contribution >= 4 is 18.0 Å². The van der Waals surface area contributed by atoms with Gasteiger partial charge in [0.15, 0.2) is 0 Å². The fourth-order valence-electron chi connectivity index (χ4n) is 5.35. The number of nitrogens with one attached hydrogen (secondary N) is 1. The minimum atomic E-state index is -0.833. The maximum absolute atomic E-state index is 12.5. The predicted molar refractivity (Wildman–Crippen MR) is 133 cm³/mol. The van der Waals surface area contributed by atoms with Gasteiger partial charge in [-0.25, -0.2) is 4.79 Å². The van der Waals surface area contributed by atoms with E-state index in [0.29, 0.717) is 32.4 Å². The van der Waals surface area contributed by atoms with E-state index in [9.17, 15) is 19.5 Å². The van der Waals surface area contributed by atoms with Gasteiger partial charge in [0.05, 0.1) is 5.92 Å². The first-order valence-electron chi connectivity index (χ1n) is 12.5. The van der Waals surface area contributed by atoms with Crippen LogP contribution in [0.3, 0.4) is 0 Å². The summed E-state index contributed by atoms with van der Waals surface area (Å²) in [5, 5.41) is 12.1. The van der Waals surface area contributed by atoms with E-state index in [1.54, 1.807) is 4.90 Å². The lowest BCUT2D eigenvalue weighted by atomic mass is 9.98. The molecule has 1 aliphatic heterocycles. The third-order valence-electron chi connectivity index (χ3n) is 7.49. The molecule has 2 aliphatic rings. The Hall–Kier alpha value is -3.35. The number of carbonyl (C=O) groups excluding carboxylic acids is 2. The normalized spacial score (nSPS) is 19.7. The molecule has 1 aliphatic carbocycles. The molecule has 7 heteroatoms. The van der Waals surface area contributed by atoms with Crippen LogP contribution in [0, 0.1) is 11.8 Å². The smallest absolute Gasteiger partial charge is 0.407 e. The summed E-state index contributed by atoms with van der Waals surface area (Å²) in [5.74, 6) is -1.01. The molecule has 1 saturated heterocycles. The molecule has 4 rings (SSSR count).